The third-order valence-electron chi connectivity index (χ3n) is 1.40. The van der Waals surface area contributed by atoms with Crippen LogP contribution in [-0.4, -0.2) is 48.5 Å². The van der Waals surface area contributed by atoms with Crippen LogP contribution in [0.1, 0.15) is 6.42 Å². The van der Waals surface area contributed by atoms with E-state index in [0.29, 0.717) is 0 Å². The van der Waals surface area contributed by atoms with Gasteiger partial charge in [-0.3, -0.25) is 9.59 Å². The number of hydrogen-bond acceptors (Lipinski definition) is 5. The van der Waals surface area contributed by atoms with Crippen LogP contribution in [0.4, 0.5) is 0 Å². The van der Waals surface area contributed by atoms with Gasteiger partial charge in [-0.05, 0) is 7.05 Å². The molecule has 0 aliphatic rings. The van der Waals surface area contributed by atoms with Crippen molar-refractivity contribution >= 4 is 27.1 Å². The lowest BCUT2D eigenvalue weighted by Gasteiger charge is -2.09. The van der Waals surface area contributed by atoms with Gasteiger partial charge in [0.25, 0.3) is 0 Å². The second-order valence-electron chi connectivity index (χ2n) is 2.33. The highest BCUT2D eigenvalue weighted by molar-refractivity contribution is 7.73. The molecule has 1 atom stereocenters. The highest BCUT2D eigenvalue weighted by atomic mass is 32.2. The van der Waals surface area contributed by atoms with Crippen molar-refractivity contribution in [2.45, 2.75) is 12.5 Å². The molecule has 0 aliphatic carbocycles. The molecular formula is C6H9NO6S. The Balaban J connectivity index is 5.12. The Morgan fingerprint density at radius 2 is 1.86 bits per heavy atom. The molecule has 0 bridgehead atoms. The van der Waals surface area contributed by atoms with Gasteiger partial charge in [0.05, 0.1) is 11.3 Å². The Kier molecular flexibility index (Phi) is 4.81. The molecule has 0 aromatic carbocycles. The minimum absolute atomic E-state index is 0.604. The van der Waals surface area contributed by atoms with Gasteiger partial charge in [-0.2, -0.15) is 8.42 Å². The molecule has 80 valence electrons. The van der Waals surface area contributed by atoms with Gasteiger partial charge in [-0.15, -0.1) is 0 Å². The number of aliphatic carboxylic acids is 2. The molecule has 14 heavy (non-hydrogen) atoms. The van der Waals surface area contributed by atoms with Crippen LogP contribution in [0.3, 0.4) is 0 Å². The predicted octanol–water partition coefficient (Wildman–Crippen LogP) is -1.81. The molecule has 0 saturated carbocycles. The molecule has 3 N–H and O–H groups in total. The van der Waals surface area contributed by atoms with E-state index in [4.69, 9.17) is 10.2 Å². The summed E-state index contributed by atoms with van der Waals surface area (Å²) in [6.45, 7) is 0. The molecule has 0 aromatic heterocycles. The summed E-state index contributed by atoms with van der Waals surface area (Å²) >= 11 is 0. The fraction of sp³-hybridized carbons (Fsp3) is 0.500. The van der Waals surface area contributed by atoms with Gasteiger partial charge in [0.15, 0.2) is 0 Å². The monoisotopic (exact) mass is 223 g/mol. The number of likely N-dealkylation sites (N-methyl/N-ethyl adjacent to an activating group) is 1. The van der Waals surface area contributed by atoms with Crippen molar-refractivity contribution < 1.29 is 28.2 Å². The summed E-state index contributed by atoms with van der Waals surface area (Å²) in [7, 11) is -1.60. The Bertz CT molecular complexity index is 362. The molecule has 7 nitrogen and oxygen atoms in total. The third kappa shape index (κ3) is 3.54. The van der Waals surface area contributed by atoms with Crippen molar-refractivity contribution in [1.29, 1.82) is 0 Å². The molecule has 0 radical (unpaired) electrons. The van der Waals surface area contributed by atoms with E-state index in [1.165, 1.54) is 7.05 Å². The topological polar surface area (TPSA) is 121 Å². The number of carbonyl (C=O) groups is 2. The van der Waals surface area contributed by atoms with Crippen molar-refractivity contribution in [3.05, 3.63) is 0 Å². The quantitative estimate of drug-likeness (QED) is 0.469. The maximum atomic E-state index is 10.5. The smallest absolute Gasteiger partial charge is 0.326 e. The summed E-state index contributed by atoms with van der Waals surface area (Å²) in [6.07, 6.45) is -0.825. The summed E-state index contributed by atoms with van der Waals surface area (Å²) in [4.78, 5) is 20.1. The van der Waals surface area contributed by atoms with Crippen LogP contribution in [0, 0.1) is 0 Å². The zero-order chi connectivity index (χ0) is 11.3. The van der Waals surface area contributed by atoms with Crippen LogP contribution in [0.25, 0.3) is 0 Å². The predicted molar refractivity (Wildman–Crippen MR) is 46.7 cm³/mol. The standard InChI is InChI=1S/C6H9NO6S/c1-7-5(6(10)11)3(14(12)13)2-4(8)9/h5,7H,2H2,1H3,(H,8,9)(H,10,11)/t5-/m0/s1. The van der Waals surface area contributed by atoms with E-state index in [9.17, 15) is 18.0 Å². The van der Waals surface area contributed by atoms with Gasteiger partial charge in [0.2, 0.25) is 10.3 Å². The number of carboxylic acids is 2. The Morgan fingerprint density at radius 3 is 2.07 bits per heavy atom. The molecule has 0 rings (SSSR count). The molecule has 8 heteroatoms. The minimum atomic E-state index is -2.83. The molecule has 0 saturated heterocycles. The Labute approximate surface area is 80.9 Å². The van der Waals surface area contributed by atoms with Crippen molar-refractivity contribution in [1.82, 2.24) is 5.32 Å². The van der Waals surface area contributed by atoms with Crippen LogP contribution in [0.5, 0.6) is 0 Å². The normalized spacial score (nSPS) is 11.8. The van der Waals surface area contributed by atoms with Gasteiger partial charge in [-0.1, -0.05) is 0 Å². The van der Waals surface area contributed by atoms with Crippen molar-refractivity contribution in [3.8, 4) is 0 Å². The molecule has 0 unspecified atom stereocenters. The summed E-state index contributed by atoms with van der Waals surface area (Å²) in [5.41, 5.74) is 0. The van der Waals surface area contributed by atoms with Crippen LogP contribution >= 0.6 is 0 Å². The number of hydrogen-bond donors (Lipinski definition) is 3. The van der Waals surface area contributed by atoms with Gasteiger partial charge in [0, 0.05) is 0 Å². The van der Waals surface area contributed by atoms with E-state index in [-0.39, 0.29) is 0 Å². The summed E-state index contributed by atoms with van der Waals surface area (Å²) in [5, 5.41) is 19.1. The summed E-state index contributed by atoms with van der Waals surface area (Å²) < 4.78 is 21.1. The van der Waals surface area contributed by atoms with Crippen LogP contribution in [0.15, 0.2) is 0 Å². The van der Waals surface area contributed by atoms with E-state index in [1.807, 2.05) is 0 Å². The van der Waals surface area contributed by atoms with Crippen LogP contribution in [-0.2, 0) is 19.9 Å². The zero-order valence-corrected chi connectivity index (χ0v) is 8.04. The van der Waals surface area contributed by atoms with Gasteiger partial charge in [0.1, 0.15) is 6.04 Å². The lowest BCUT2D eigenvalue weighted by Crippen LogP contribution is -2.42. The first-order valence-electron chi connectivity index (χ1n) is 3.47. The third-order valence-corrected chi connectivity index (χ3v) is 2.21. The lowest BCUT2D eigenvalue weighted by atomic mass is 10.1. The zero-order valence-electron chi connectivity index (χ0n) is 7.22. The largest absolute Gasteiger partial charge is 0.481 e. The molecule has 0 heterocycles. The first-order chi connectivity index (χ1) is 6.40. The molecule has 0 amide bonds. The van der Waals surface area contributed by atoms with E-state index < -0.39 is 39.6 Å². The highest BCUT2D eigenvalue weighted by Gasteiger charge is 2.25. The first kappa shape index (κ1) is 12.6. The fourth-order valence-electron chi connectivity index (χ4n) is 0.828. The van der Waals surface area contributed by atoms with Crippen molar-refractivity contribution in [2.75, 3.05) is 7.05 Å². The van der Waals surface area contributed by atoms with Crippen LogP contribution in [0.2, 0.25) is 0 Å². The van der Waals surface area contributed by atoms with Crippen molar-refractivity contribution in [3.63, 3.8) is 0 Å². The number of rotatable bonds is 5. The van der Waals surface area contributed by atoms with Gasteiger partial charge >= 0.3 is 11.9 Å². The molecular weight excluding hydrogens is 214 g/mol. The van der Waals surface area contributed by atoms with E-state index in [2.05, 4.69) is 5.32 Å². The summed E-state index contributed by atoms with van der Waals surface area (Å²) in [6, 6.07) is -1.50. The Hall–Kier alpha value is -1.41. The maximum absolute atomic E-state index is 10.5. The van der Waals surface area contributed by atoms with Crippen LogP contribution < -0.4 is 5.32 Å². The second kappa shape index (κ2) is 5.35. The molecule has 0 aromatic rings. The van der Waals surface area contributed by atoms with Gasteiger partial charge < -0.3 is 15.5 Å². The van der Waals surface area contributed by atoms with E-state index in [1.54, 1.807) is 0 Å². The van der Waals surface area contributed by atoms with Crippen molar-refractivity contribution in [2.24, 2.45) is 0 Å². The first-order valence-corrected chi connectivity index (χ1v) is 4.54. The number of nitrogens with one attached hydrogen (secondary N) is 1. The molecule has 0 aliphatic heterocycles. The van der Waals surface area contributed by atoms with Gasteiger partial charge in [-0.25, -0.2) is 0 Å². The maximum Gasteiger partial charge on any atom is 0.326 e. The number of carboxylic acid groups (broad SMARTS) is 2. The second-order valence-corrected chi connectivity index (χ2v) is 3.33. The summed E-state index contributed by atoms with van der Waals surface area (Å²) in [5.74, 6) is -2.83. The Morgan fingerprint density at radius 1 is 1.36 bits per heavy atom. The average molecular weight is 223 g/mol. The van der Waals surface area contributed by atoms with E-state index >= 15 is 0 Å². The minimum Gasteiger partial charge on any atom is -0.481 e. The average Bonchev–Trinajstić information content (AvgIpc) is 2.02. The lowest BCUT2D eigenvalue weighted by molar-refractivity contribution is -0.137. The SMILES string of the molecule is CN[C@H](C(=O)O)C(CC(=O)O)=S(=O)=O. The molecule has 0 fully saturated rings. The fourth-order valence-corrected chi connectivity index (χ4v) is 1.48. The molecule has 0 spiro atoms. The van der Waals surface area contributed by atoms with E-state index in [0.717, 1.165) is 0 Å². The highest BCUT2D eigenvalue weighted by Crippen LogP contribution is 1.94.